The second-order valence-corrected chi connectivity index (χ2v) is 6.47. The smallest absolute Gasteiger partial charge is 0.157 e. The van der Waals surface area contributed by atoms with E-state index in [-0.39, 0.29) is 17.6 Å². The highest BCUT2D eigenvalue weighted by molar-refractivity contribution is 7.92. The molecule has 1 saturated heterocycles. The van der Waals surface area contributed by atoms with Crippen molar-refractivity contribution < 1.29 is 13.2 Å². The Morgan fingerprint density at radius 2 is 2.18 bits per heavy atom. The van der Waals surface area contributed by atoms with Crippen molar-refractivity contribution in [1.82, 2.24) is 5.32 Å². The van der Waals surface area contributed by atoms with Crippen LogP contribution >= 0.6 is 0 Å². The van der Waals surface area contributed by atoms with E-state index in [9.17, 15) is 8.42 Å². The van der Waals surface area contributed by atoms with Gasteiger partial charge in [0.1, 0.15) is 11.9 Å². The van der Waals surface area contributed by atoms with Crippen LogP contribution in [0.15, 0.2) is 24.3 Å². The zero-order chi connectivity index (χ0) is 12.3. The molecule has 5 heteroatoms. The van der Waals surface area contributed by atoms with Crippen molar-refractivity contribution in [3.8, 4) is 5.75 Å². The Morgan fingerprint density at radius 1 is 1.41 bits per heavy atom. The summed E-state index contributed by atoms with van der Waals surface area (Å²) in [5, 5.41) is 3.09. The molecule has 17 heavy (non-hydrogen) atoms. The Morgan fingerprint density at radius 3 is 2.82 bits per heavy atom. The monoisotopic (exact) mass is 255 g/mol. The molecular weight excluding hydrogens is 238 g/mol. The Balaban J connectivity index is 1.93. The highest BCUT2D eigenvalue weighted by atomic mass is 32.2. The summed E-state index contributed by atoms with van der Waals surface area (Å²) in [5.41, 5.74) is 1.19. The Labute approximate surface area is 102 Å². The van der Waals surface area contributed by atoms with Gasteiger partial charge < -0.3 is 10.1 Å². The van der Waals surface area contributed by atoms with E-state index in [2.05, 4.69) is 5.32 Å². The lowest BCUT2D eigenvalue weighted by Crippen LogP contribution is -2.45. The van der Waals surface area contributed by atoms with Gasteiger partial charge in [-0.2, -0.15) is 0 Å². The normalized spacial score (nSPS) is 18.6. The van der Waals surface area contributed by atoms with Gasteiger partial charge in [-0.15, -0.1) is 0 Å². The molecule has 1 aromatic rings. The first-order valence-corrected chi connectivity index (χ1v) is 7.52. The summed E-state index contributed by atoms with van der Waals surface area (Å²) in [4.78, 5) is 0. The van der Waals surface area contributed by atoms with Crippen molar-refractivity contribution in [2.45, 2.75) is 12.5 Å². The third kappa shape index (κ3) is 3.44. The minimum absolute atomic E-state index is 0.147. The number of nitrogens with one attached hydrogen (secondary N) is 1. The van der Waals surface area contributed by atoms with Crippen molar-refractivity contribution in [1.29, 1.82) is 0 Å². The second-order valence-electron chi connectivity index (χ2n) is 4.32. The highest BCUT2D eigenvalue weighted by Gasteiger charge is 2.35. The van der Waals surface area contributed by atoms with Crippen molar-refractivity contribution in [2.24, 2.45) is 0 Å². The van der Waals surface area contributed by atoms with E-state index < -0.39 is 9.84 Å². The van der Waals surface area contributed by atoms with Crippen LogP contribution in [0.25, 0.3) is 0 Å². The van der Waals surface area contributed by atoms with Crippen LogP contribution in [0.1, 0.15) is 5.56 Å². The van der Waals surface area contributed by atoms with E-state index in [0.29, 0.717) is 0 Å². The van der Waals surface area contributed by atoms with E-state index in [1.165, 1.54) is 5.56 Å². The van der Waals surface area contributed by atoms with Gasteiger partial charge in [0, 0.05) is 0 Å². The fraction of sp³-hybridized carbons (Fsp3) is 0.500. The van der Waals surface area contributed by atoms with Gasteiger partial charge in [-0.3, -0.25) is 0 Å². The number of hydrogen-bond acceptors (Lipinski definition) is 4. The molecule has 1 fully saturated rings. The first kappa shape index (κ1) is 12.4. The molecule has 4 nitrogen and oxygen atoms in total. The van der Waals surface area contributed by atoms with Gasteiger partial charge in [-0.25, -0.2) is 8.42 Å². The lowest BCUT2D eigenvalue weighted by molar-refractivity contribution is 0.230. The van der Waals surface area contributed by atoms with Crippen LogP contribution in [0, 0.1) is 0 Å². The van der Waals surface area contributed by atoms with Crippen molar-refractivity contribution in [2.75, 3.05) is 25.1 Å². The van der Waals surface area contributed by atoms with Gasteiger partial charge in [0.2, 0.25) is 0 Å². The van der Waals surface area contributed by atoms with Gasteiger partial charge in [-0.1, -0.05) is 12.1 Å². The first-order chi connectivity index (χ1) is 8.09. The molecule has 1 aliphatic heterocycles. The zero-order valence-corrected chi connectivity index (χ0v) is 10.7. The summed E-state index contributed by atoms with van der Waals surface area (Å²) in [6.07, 6.45) is 0.774. The number of hydrogen-bond donors (Lipinski definition) is 1. The quantitative estimate of drug-likeness (QED) is 0.838. The average molecular weight is 255 g/mol. The molecule has 0 amide bonds. The predicted octanol–water partition coefficient (Wildman–Crippen LogP) is 0.624. The molecule has 0 aromatic heterocycles. The van der Waals surface area contributed by atoms with Crippen LogP contribution < -0.4 is 10.1 Å². The number of ether oxygens (including phenoxy) is 1. The topological polar surface area (TPSA) is 55.4 Å². The summed E-state index contributed by atoms with van der Waals surface area (Å²) in [7, 11) is -0.894. The van der Waals surface area contributed by atoms with Gasteiger partial charge in [0.25, 0.3) is 0 Å². The maximum atomic E-state index is 11.0. The molecule has 1 aliphatic rings. The van der Waals surface area contributed by atoms with Gasteiger partial charge in [-0.05, 0) is 37.7 Å². The number of likely N-dealkylation sites (N-methyl/N-ethyl adjacent to an activating group) is 1. The molecule has 94 valence electrons. The number of benzene rings is 1. The highest BCUT2D eigenvalue weighted by Crippen LogP contribution is 2.20. The van der Waals surface area contributed by atoms with Gasteiger partial charge >= 0.3 is 0 Å². The second kappa shape index (κ2) is 5.06. The van der Waals surface area contributed by atoms with E-state index >= 15 is 0 Å². The van der Waals surface area contributed by atoms with Crippen LogP contribution in [-0.2, 0) is 16.3 Å². The minimum atomic E-state index is -2.81. The molecule has 0 unspecified atom stereocenters. The van der Waals surface area contributed by atoms with Crippen LogP contribution in [0.5, 0.6) is 5.75 Å². The van der Waals surface area contributed by atoms with E-state index in [4.69, 9.17) is 4.74 Å². The molecule has 0 aliphatic carbocycles. The molecule has 2 rings (SSSR count). The lowest BCUT2D eigenvalue weighted by atomic mass is 10.1. The largest absolute Gasteiger partial charge is 0.488 e. The number of sulfone groups is 1. The molecule has 0 atom stereocenters. The van der Waals surface area contributed by atoms with Crippen molar-refractivity contribution in [3.05, 3.63) is 29.8 Å². The molecule has 0 spiro atoms. The molecule has 1 heterocycles. The summed E-state index contributed by atoms with van der Waals surface area (Å²) < 4.78 is 27.6. The van der Waals surface area contributed by atoms with Crippen LogP contribution in [0.4, 0.5) is 0 Å². The van der Waals surface area contributed by atoms with Crippen molar-refractivity contribution >= 4 is 9.84 Å². The third-order valence-electron chi connectivity index (χ3n) is 2.74. The van der Waals surface area contributed by atoms with Crippen LogP contribution in [-0.4, -0.2) is 39.6 Å². The molecule has 0 radical (unpaired) electrons. The molecule has 0 bridgehead atoms. The lowest BCUT2D eigenvalue weighted by Gasteiger charge is -2.26. The van der Waals surface area contributed by atoms with Crippen molar-refractivity contribution in [3.63, 3.8) is 0 Å². The standard InChI is InChI=1S/C12H17NO3S/c1-13-6-5-10-3-2-4-11(7-10)16-12-8-17(14,15)9-12/h2-4,7,12-13H,5-6,8-9H2,1H3. The summed E-state index contributed by atoms with van der Waals surface area (Å²) in [5.74, 6) is 1.06. The van der Waals surface area contributed by atoms with E-state index in [1.807, 2.05) is 31.3 Å². The average Bonchev–Trinajstić information content (AvgIpc) is 2.24. The molecule has 0 saturated carbocycles. The van der Waals surface area contributed by atoms with E-state index in [0.717, 1.165) is 18.7 Å². The van der Waals surface area contributed by atoms with Gasteiger partial charge in [0.15, 0.2) is 9.84 Å². The number of rotatable bonds is 5. The molecule has 1 aromatic carbocycles. The predicted molar refractivity (Wildman–Crippen MR) is 67.1 cm³/mol. The Hall–Kier alpha value is -1.07. The SMILES string of the molecule is CNCCc1cccc(OC2CS(=O)(=O)C2)c1. The fourth-order valence-corrected chi connectivity index (χ4v) is 2.99. The van der Waals surface area contributed by atoms with Crippen LogP contribution in [0.3, 0.4) is 0 Å². The zero-order valence-electron chi connectivity index (χ0n) is 9.85. The van der Waals surface area contributed by atoms with E-state index in [1.54, 1.807) is 0 Å². The van der Waals surface area contributed by atoms with Gasteiger partial charge in [0.05, 0.1) is 11.5 Å². The summed E-state index contributed by atoms with van der Waals surface area (Å²) in [6.45, 7) is 0.918. The Bertz CT molecular complexity index is 472. The third-order valence-corrected chi connectivity index (χ3v) is 4.50. The maximum Gasteiger partial charge on any atom is 0.157 e. The minimum Gasteiger partial charge on any atom is -0.488 e. The molecule has 1 N–H and O–H groups in total. The molecular formula is C12H17NO3S. The van der Waals surface area contributed by atoms with Crippen LogP contribution in [0.2, 0.25) is 0 Å². The fourth-order valence-electron chi connectivity index (χ4n) is 1.82. The Kier molecular flexibility index (Phi) is 3.69. The first-order valence-electron chi connectivity index (χ1n) is 5.70. The summed E-state index contributed by atoms with van der Waals surface area (Å²) >= 11 is 0. The summed E-state index contributed by atoms with van der Waals surface area (Å²) in [6, 6.07) is 7.82. The maximum absolute atomic E-state index is 11.0.